The minimum Gasteiger partial charge on any atom is -0.477 e. The molecule has 0 heterocycles. The van der Waals surface area contributed by atoms with Crippen LogP contribution in [-0.4, -0.2) is 42.7 Å². The van der Waals surface area contributed by atoms with Gasteiger partial charge in [-0.3, -0.25) is 0 Å². The molecule has 0 aliphatic rings. The van der Waals surface area contributed by atoms with Crippen molar-refractivity contribution >= 4 is 17.7 Å². The summed E-state index contributed by atoms with van der Waals surface area (Å²) in [6.07, 6.45) is 2.19. The zero-order valence-corrected chi connectivity index (χ0v) is 11.2. The van der Waals surface area contributed by atoms with Gasteiger partial charge in [-0.15, -0.1) is 0 Å². The molecule has 0 amide bonds. The molecule has 17 heavy (non-hydrogen) atoms. The van der Waals surface area contributed by atoms with Gasteiger partial charge >= 0.3 is 5.97 Å². The van der Waals surface area contributed by atoms with Gasteiger partial charge in [-0.2, -0.15) is 0 Å². The molecule has 0 radical (unpaired) electrons. The van der Waals surface area contributed by atoms with Crippen molar-refractivity contribution in [3.8, 4) is 0 Å². The Morgan fingerprint density at radius 2 is 2.24 bits per heavy atom. The number of aliphatic carboxylic acids is 1. The predicted octanol–water partition coefficient (Wildman–Crippen LogP) is 1.01. The van der Waals surface area contributed by atoms with Gasteiger partial charge in [0, 0.05) is 19.3 Å². The molecule has 0 bridgehead atoms. The third-order valence-electron chi connectivity index (χ3n) is 2.02. The van der Waals surface area contributed by atoms with Crippen molar-refractivity contribution < 1.29 is 9.90 Å². The van der Waals surface area contributed by atoms with E-state index < -0.39 is 5.97 Å². The van der Waals surface area contributed by atoms with Gasteiger partial charge < -0.3 is 21.1 Å². The Balaban J connectivity index is 3.84. The maximum absolute atomic E-state index is 10.7. The Hall–Kier alpha value is -1.14. The first-order valence-corrected chi connectivity index (χ1v) is 6.27. The van der Waals surface area contributed by atoms with E-state index in [0.717, 1.165) is 44.0 Å². The van der Waals surface area contributed by atoms with Crippen LogP contribution in [0.15, 0.2) is 22.7 Å². The SMILES string of the molecule is C=C(NCCN(C)CCC)S/C(=C\N)C(=O)O. The molecular weight excluding hydrogens is 238 g/mol. The molecule has 0 aliphatic carbocycles. The van der Waals surface area contributed by atoms with E-state index >= 15 is 0 Å². The van der Waals surface area contributed by atoms with Crippen LogP contribution in [0.25, 0.3) is 0 Å². The zero-order chi connectivity index (χ0) is 13.3. The highest BCUT2D eigenvalue weighted by Crippen LogP contribution is 2.20. The number of thioether (sulfide) groups is 1. The van der Waals surface area contributed by atoms with E-state index in [1.807, 2.05) is 7.05 Å². The number of hydrogen-bond acceptors (Lipinski definition) is 5. The van der Waals surface area contributed by atoms with Crippen LogP contribution in [0.1, 0.15) is 13.3 Å². The fraction of sp³-hybridized carbons (Fsp3) is 0.545. The third-order valence-corrected chi connectivity index (χ3v) is 2.94. The molecule has 0 aromatic heterocycles. The van der Waals surface area contributed by atoms with Gasteiger partial charge in [0.2, 0.25) is 0 Å². The van der Waals surface area contributed by atoms with Crippen molar-refractivity contribution in [2.24, 2.45) is 5.73 Å². The van der Waals surface area contributed by atoms with Crippen molar-refractivity contribution in [1.82, 2.24) is 10.2 Å². The molecule has 0 saturated heterocycles. The highest BCUT2D eigenvalue weighted by atomic mass is 32.2. The third kappa shape index (κ3) is 7.70. The van der Waals surface area contributed by atoms with Gasteiger partial charge in [0.25, 0.3) is 0 Å². The van der Waals surface area contributed by atoms with Crippen LogP contribution >= 0.6 is 11.8 Å². The standard InChI is InChI=1S/C11H21N3O2S/c1-4-6-14(3)7-5-13-9(2)17-10(8-12)11(15)16/h8,13H,2,4-7,12H2,1,3H3,(H,15,16)/b10-8-. The second kappa shape index (κ2) is 8.95. The fourth-order valence-corrected chi connectivity index (χ4v) is 1.79. The Bertz CT molecular complexity index is 292. The summed E-state index contributed by atoms with van der Waals surface area (Å²) in [4.78, 5) is 13.0. The summed E-state index contributed by atoms with van der Waals surface area (Å²) in [6, 6.07) is 0. The highest BCUT2D eigenvalue weighted by molar-refractivity contribution is 8.07. The van der Waals surface area contributed by atoms with Gasteiger partial charge in [-0.05, 0) is 20.0 Å². The lowest BCUT2D eigenvalue weighted by Gasteiger charge is -2.16. The lowest BCUT2D eigenvalue weighted by atomic mass is 10.4. The molecular formula is C11H21N3O2S. The molecule has 0 atom stereocenters. The molecule has 0 aromatic carbocycles. The molecule has 0 aliphatic heterocycles. The molecule has 0 spiro atoms. The summed E-state index contributed by atoms with van der Waals surface area (Å²) in [5, 5.41) is 12.4. The smallest absolute Gasteiger partial charge is 0.344 e. The number of carboxylic acid groups (broad SMARTS) is 1. The quantitative estimate of drug-likeness (QED) is 0.536. The number of nitrogens with one attached hydrogen (secondary N) is 1. The van der Waals surface area contributed by atoms with Gasteiger partial charge in [-0.1, -0.05) is 25.3 Å². The average Bonchev–Trinajstić information content (AvgIpc) is 2.25. The van der Waals surface area contributed by atoms with E-state index in [1.54, 1.807) is 0 Å². The monoisotopic (exact) mass is 259 g/mol. The predicted molar refractivity (Wildman–Crippen MR) is 72.4 cm³/mol. The van der Waals surface area contributed by atoms with Crippen molar-refractivity contribution in [3.63, 3.8) is 0 Å². The van der Waals surface area contributed by atoms with E-state index in [1.165, 1.54) is 0 Å². The number of nitrogens with two attached hydrogens (primary N) is 1. The zero-order valence-electron chi connectivity index (χ0n) is 10.4. The lowest BCUT2D eigenvalue weighted by molar-refractivity contribution is -0.131. The van der Waals surface area contributed by atoms with Crippen molar-refractivity contribution in [3.05, 3.63) is 22.7 Å². The second-order valence-electron chi connectivity index (χ2n) is 3.59. The molecule has 0 unspecified atom stereocenters. The van der Waals surface area contributed by atoms with Gasteiger partial charge in [0.15, 0.2) is 0 Å². The van der Waals surface area contributed by atoms with Gasteiger partial charge in [0.1, 0.15) is 4.91 Å². The summed E-state index contributed by atoms with van der Waals surface area (Å²) < 4.78 is 0. The number of likely N-dealkylation sites (N-methyl/N-ethyl adjacent to an activating group) is 1. The highest BCUT2D eigenvalue weighted by Gasteiger charge is 2.09. The van der Waals surface area contributed by atoms with E-state index in [4.69, 9.17) is 10.8 Å². The number of carbonyl (C=O) groups is 1. The van der Waals surface area contributed by atoms with E-state index in [2.05, 4.69) is 23.7 Å². The van der Waals surface area contributed by atoms with Crippen LogP contribution in [0.2, 0.25) is 0 Å². The normalized spacial score (nSPS) is 11.6. The summed E-state index contributed by atoms with van der Waals surface area (Å²) in [7, 11) is 2.05. The summed E-state index contributed by atoms with van der Waals surface area (Å²) in [6.45, 7) is 8.54. The Labute approximate surface area is 107 Å². The number of carboxylic acids is 1. The first-order chi connectivity index (χ1) is 8.01. The Morgan fingerprint density at radius 1 is 1.59 bits per heavy atom. The van der Waals surface area contributed by atoms with Crippen LogP contribution in [0.3, 0.4) is 0 Å². The Morgan fingerprint density at radius 3 is 2.71 bits per heavy atom. The van der Waals surface area contributed by atoms with E-state index in [0.29, 0.717) is 5.03 Å². The van der Waals surface area contributed by atoms with E-state index in [9.17, 15) is 4.79 Å². The van der Waals surface area contributed by atoms with Crippen LogP contribution in [0.5, 0.6) is 0 Å². The van der Waals surface area contributed by atoms with Crippen LogP contribution < -0.4 is 11.1 Å². The fourth-order valence-electron chi connectivity index (χ4n) is 1.20. The van der Waals surface area contributed by atoms with Gasteiger partial charge in [0.05, 0.1) is 5.03 Å². The van der Waals surface area contributed by atoms with Crippen LogP contribution in [0.4, 0.5) is 0 Å². The van der Waals surface area contributed by atoms with E-state index in [-0.39, 0.29) is 4.91 Å². The molecule has 0 saturated carbocycles. The number of rotatable bonds is 9. The maximum atomic E-state index is 10.7. The van der Waals surface area contributed by atoms with Crippen LogP contribution in [0, 0.1) is 0 Å². The molecule has 0 aromatic rings. The maximum Gasteiger partial charge on any atom is 0.344 e. The molecule has 98 valence electrons. The molecule has 6 heteroatoms. The van der Waals surface area contributed by atoms with Crippen molar-refractivity contribution in [2.75, 3.05) is 26.7 Å². The molecule has 5 nitrogen and oxygen atoms in total. The van der Waals surface area contributed by atoms with Crippen molar-refractivity contribution in [2.45, 2.75) is 13.3 Å². The first-order valence-electron chi connectivity index (χ1n) is 5.45. The number of nitrogens with zero attached hydrogens (tertiary/aromatic N) is 1. The second-order valence-corrected chi connectivity index (χ2v) is 4.73. The summed E-state index contributed by atoms with van der Waals surface area (Å²) >= 11 is 1.03. The molecule has 0 rings (SSSR count). The number of hydrogen-bond donors (Lipinski definition) is 3. The summed E-state index contributed by atoms with van der Waals surface area (Å²) in [5.74, 6) is -1.04. The lowest BCUT2D eigenvalue weighted by Crippen LogP contribution is -2.28. The largest absolute Gasteiger partial charge is 0.477 e. The van der Waals surface area contributed by atoms with Crippen LogP contribution in [-0.2, 0) is 4.79 Å². The van der Waals surface area contributed by atoms with Gasteiger partial charge in [-0.25, -0.2) is 4.79 Å². The first kappa shape index (κ1) is 15.9. The average molecular weight is 259 g/mol. The minimum absolute atomic E-state index is 0.0735. The topological polar surface area (TPSA) is 78.6 Å². The van der Waals surface area contributed by atoms with Crippen molar-refractivity contribution in [1.29, 1.82) is 0 Å². The minimum atomic E-state index is -1.04. The Kier molecular flexibility index (Phi) is 8.35. The summed E-state index contributed by atoms with van der Waals surface area (Å²) in [5.41, 5.74) is 5.20. The molecule has 0 fully saturated rings. The molecule has 4 N–H and O–H groups in total.